The lowest BCUT2D eigenvalue weighted by atomic mass is 9.78. The third-order valence-electron chi connectivity index (χ3n) is 4.66. The Bertz CT molecular complexity index is 472. The third-order valence-corrected chi connectivity index (χ3v) is 4.66. The molecule has 1 heterocycles. The number of likely N-dealkylation sites (tertiary alicyclic amines) is 1. The van der Waals surface area contributed by atoms with Crippen LogP contribution in [0.2, 0.25) is 0 Å². The van der Waals surface area contributed by atoms with Crippen LogP contribution in [-0.4, -0.2) is 30.4 Å². The Morgan fingerprint density at radius 1 is 1.42 bits per heavy atom. The van der Waals surface area contributed by atoms with Gasteiger partial charge in [-0.15, -0.1) is 0 Å². The first-order chi connectivity index (χ1) is 9.35. The second-order valence-corrected chi connectivity index (χ2v) is 5.68. The highest BCUT2D eigenvalue weighted by Crippen LogP contribution is 2.44. The second kappa shape index (κ2) is 5.33. The molecule has 1 amide bonds. The van der Waals surface area contributed by atoms with E-state index in [1.165, 1.54) is 43.5 Å². The summed E-state index contributed by atoms with van der Waals surface area (Å²) in [6.45, 7) is 4.67. The predicted octanol–water partition coefficient (Wildman–Crippen LogP) is 2.77. The first-order valence-corrected chi connectivity index (χ1v) is 7.41. The van der Waals surface area contributed by atoms with E-state index in [0.717, 1.165) is 18.5 Å². The number of hydrogen-bond donors (Lipinski definition) is 1. The highest BCUT2D eigenvalue weighted by molar-refractivity contribution is 5.75. The summed E-state index contributed by atoms with van der Waals surface area (Å²) in [6, 6.07) is 7.01. The first kappa shape index (κ1) is 12.7. The number of benzene rings is 1. The van der Waals surface area contributed by atoms with Crippen molar-refractivity contribution in [2.24, 2.45) is 0 Å². The molecule has 19 heavy (non-hydrogen) atoms. The number of amides is 1. The lowest BCUT2D eigenvalue weighted by Crippen LogP contribution is -2.35. The predicted molar refractivity (Wildman–Crippen MR) is 77.5 cm³/mol. The molecule has 2 atom stereocenters. The summed E-state index contributed by atoms with van der Waals surface area (Å²) in [7, 11) is 0. The van der Waals surface area contributed by atoms with Gasteiger partial charge in [-0.3, -0.25) is 9.69 Å². The Morgan fingerprint density at radius 2 is 2.32 bits per heavy atom. The zero-order chi connectivity index (χ0) is 13.2. The van der Waals surface area contributed by atoms with Crippen molar-refractivity contribution in [2.45, 2.75) is 44.6 Å². The molecule has 0 spiro atoms. The van der Waals surface area contributed by atoms with Crippen molar-refractivity contribution in [3.05, 3.63) is 29.3 Å². The Labute approximate surface area is 115 Å². The minimum atomic E-state index is 0.610. The molecule has 3 nitrogen and oxygen atoms in total. The molecule has 102 valence electrons. The van der Waals surface area contributed by atoms with E-state index in [-0.39, 0.29) is 0 Å². The first-order valence-electron chi connectivity index (χ1n) is 7.41. The average Bonchev–Trinajstić information content (AvgIpc) is 2.83. The van der Waals surface area contributed by atoms with Crippen LogP contribution in [0.4, 0.5) is 5.69 Å². The minimum Gasteiger partial charge on any atom is -0.328 e. The summed E-state index contributed by atoms with van der Waals surface area (Å²) in [5.74, 6) is 0.610. The summed E-state index contributed by atoms with van der Waals surface area (Å²) in [6.07, 6.45) is 5.67. The molecule has 1 aliphatic heterocycles. The van der Waals surface area contributed by atoms with Crippen molar-refractivity contribution in [3.63, 3.8) is 0 Å². The van der Waals surface area contributed by atoms with Crippen LogP contribution in [0.3, 0.4) is 0 Å². The fourth-order valence-electron chi connectivity index (χ4n) is 3.96. The van der Waals surface area contributed by atoms with Gasteiger partial charge >= 0.3 is 0 Å². The van der Waals surface area contributed by atoms with Gasteiger partial charge in [0.25, 0.3) is 0 Å². The lowest BCUT2D eigenvalue weighted by Gasteiger charge is -2.34. The van der Waals surface area contributed by atoms with Crippen LogP contribution in [0.5, 0.6) is 0 Å². The van der Waals surface area contributed by atoms with E-state index >= 15 is 0 Å². The van der Waals surface area contributed by atoms with Crippen molar-refractivity contribution >= 4 is 12.1 Å². The zero-order valence-corrected chi connectivity index (χ0v) is 11.6. The van der Waals surface area contributed by atoms with Gasteiger partial charge in [-0.05, 0) is 56.0 Å². The molecular weight excluding hydrogens is 236 g/mol. The number of anilines is 1. The maximum absolute atomic E-state index is 10.8. The van der Waals surface area contributed by atoms with Crippen LogP contribution >= 0.6 is 0 Å². The maximum atomic E-state index is 10.8. The Morgan fingerprint density at radius 3 is 3.11 bits per heavy atom. The number of rotatable bonds is 4. The summed E-state index contributed by atoms with van der Waals surface area (Å²) in [4.78, 5) is 13.4. The second-order valence-electron chi connectivity index (χ2n) is 5.68. The normalized spacial score (nSPS) is 25.7. The highest BCUT2D eigenvalue weighted by Gasteiger charge is 2.39. The van der Waals surface area contributed by atoms with Gasteiger partial charge in [-0.25, -0.2) is 0 Å². The number of carbonyl (C=O) groups is 1. The number of aryl methyl sites for hydroxylation is 1. The van der Waals surface area contributed by atoms with E-state index in [2.05, 4.69) is 29.3 Å². The maximum Gasteiger partial charge on any atom is 0.211 e. The van der Waals surface area contributed by atoms with E-state index in [1.54, 1.807) is 0 Å². The summed E-state index contributed by atoms with van der Waals surface area (Å²) in [5, 5.41) is 2.90. The van der Waals surface area contributed by atoms with Crippen LogP contribution in [0.15, 0.2) is 18.2 Å². The molecule has 1 aliphatic carbocycles. The number of carbonyl (C=O) groups excluding carboxylic acids is 1. The standard InChI is InChI=1S/C16H22N2O/c1-2-9-18-10-8-13-15(18)7-6-12-4-3-5-14(16(12)13)17-11-19/h3-5,11,13,15H,2,6-10H2,1H3,(H,17,19). The van der Waals surface area contributed by atoms with Crippen LogP contribution in [0.25, 0.3) is 0 Å². The van der Waals surface area contributed by atoms with Gasteiger partial charge in [0.2, 0.25) is 6.41 Å². The molecule has 0 saturated carbocycles. The van der Waals surface area contributed by atoms with Gasteiger partial charge in [0.1, 0.15) is 0 Å². The van der Waals surface area contributed by atoms with Gasteiger partial charge in [0.15, 0.2) is 0 Å². The third kappa shape index (κ3) is 2.16. The Balaban J connectivity index is 1.94. The Kier molecular flexibility index (Phi) is 3.56. The molecule has 2 aliphatic rings. The number of nitrogens with zero attached hydrogens (tertiary/aromatic N) is 1. The molecule has 3 heteroatoms. The van der Waals surface area contributed by atoms with Crippen LogP contribution in [-0.2, 0) is 11.2 Å². The monoisotopic (exact) mass is 258 g/mol. The van der Waals surface area contributed by atoms with Gasteiger partial charge < -0.3 is 5.32 Å². The van der Waals surface area contributed by atoms with Crippen molar-refractivity contribution in [3.8, 4) is 0 Å². The number of fused-ring (bicyclic) bond motifs is 3. The fourth-order valence-corrected chi connectivity index (χ4v) is 3.96. The van der Waals surface area contributed by atoms with Gasteiger partial charge in [-0.1, -0.05) is 19.1 Å². The van der Waals surface area contributed by atoms with Crippen molar-refractivity contribution < 1.29 is 4.79 Å². The lowest BCUT2D eigenvalue weighted by molar-refractivity contribution is -0.105. The van der Waals surface area contributed by atoms with Gasteiger partial charge in [0, 0.05) is 17.6 Å². The minimum absolute atomic E-state index is 0.610. The largest absolute Gasteiger partial charge is 0.328 e. The SMILES string of the molecule is CCCN1CCC2c3c(cccc3NC=O)CCC21. The van der Waals surface area contributed by atoms with Crippen LogP contribution < -0.4 is 5.32 Å². The summed E-state index contributed by atoms with van der Waals surface area (Å²) in [5.41, 5.74) is 3.87. The van der Waals surface area contributed by atoms with Gasteiger partial charge in [-0.2, -0.15) is 0 Å². The molecule has 0 aromatic heterocycles. The van der Waals surface area contributed by atoms with E-state index in [1.807, 2.05) is 6.07 Å². The van der Waals surface area contributed by atoms with Crippen molar-refractivity contribution in [1.82, 2.24) is 4.90 Å². The molecule has 1 aromatic carbocycles. The van der Waals surface area contributed by atoms with E-state index in [0.29, 0.717) is 12.0 Å². The molecule has 1 N–H and O–H groups in total. The zero-order valence-electron chi connectivity index (χ0n) is 11.6. The molecular formula is C16H22N2O. The molecule has 3 rings (SSSR count). The Hall–Kier alpha value is -1.35. The van der Waals surface area contributed by atoms with E-state index in [9.17, 15) is 4.79 Å². The van der Waals surface area contributed by atoms with E-state index in [4.69, 9.17) is 0 Å². The van der Waals surface area contributed by atoms with E-state index < -0.39 is 0 Å². The smallest absolute Gasteiger partial charge is 0.211 e. The van der Waals surface area contributed by atoms with Crippen molar-refractivity contribution in [2.75, 3.05) is 18.4 Å². The van der Waals surface area contributed by atoms with Crippen LogP contribution in [0, 0.1) is 0 Å². The molecule has 1 aromatic rings. The van der Waals surface area contributed by atoms with Crippen LogP contribution in [0.1, 0.15) is 43.2 Å². The molecule has 1 fully saturated rings. The average molecular weight is 258 g/mol. The number of hydrogen-bond acceptors (Lipinski definition) is 2. The fraction of sp³-hybridized carbons (Fsp3) is 0.562. The van der Waals surface area contributed by atoms with Crippen molar-refractivity contribution in [1.29, 1.82) is 0 Å². The number of nitrogens with one attached hydrogen (secondary N) is 1. The quantitative estimate of drug-likeness (QED) is 0.842. The highest BCUT2D eigenvalue weighted by atomic mass is 16.1. The molecule has 0 bridgehead atoms. The molecule has 0 radical (unpaired) electrons. The topological polar surface area (TPSA) is 32.3 Å². The van der Waals surface area contributed by atoms with Gasteiger partial charge in [0.05, 0.1) is 0 Å². The molecule has 2 unspecified atom stereocenters. The summed E-state index contributed by atoms with van der Waals surface area (Å²) >= 11 is 0. The summed E-state index contributed by atoms with van der Waals surface area (Å²) < 4.78 is 0. The molecule has 1 saturated heterocycles.